The molecule has 1 fully saturated rings. The summed E-state index contributed by atoms with van der Waals surface area (Å²) in [7, 11) is 0. The van der Waals surface area contributed by atoms with Crippen molar-refractivity contribution in [2.24, 2.45) is 0 Å². The highest BCUT2D eigenvalue weighted by Crippen LogP contribution is 2.15. The summed E-state index contributed by atoms with van der Waals surface area (Å²) in [6, 6.07) is 3.73. The van der Waals surface area contributed by atoms with Gasteiger partial charge < -0.3 is 10.6 Å². The van der Waals surface area contributed by atoms with Crippen LogP contribution in [0.25, 0.3) is 0 Å². The number of nitrogens with one attached hydrogen (secondary N) is 2. The minimum absolute atomic E-state index is 0. The van der Waals surface area contributed by atoms with Gasteiger partial charge in [0.2, 0.25) is 5.91 Å². The molecule has 0 spiro atoms. The summed E-state index contributed by atoms with van der Waals surface area (Å²) in [5, 5.41) is 5.97. The lowest BCUT2D eigenvalue weighted by Gasteiger charge is -2.10. The molecule has 1 unspecified atom stereocenters. The zero-order valence-electron chi connectivity index (χ0n) is 10.0. The third-order valence-electron chi connectivity index (χ3n) is 2.60. The summed E-state index contributed by atoms with van der Waals surface area (Å²) in [6.07, 6.45) is 5.74. The Morgan fingerprint density at radius 1 is 1.50 bits per heavy atom. The maximum absolute atomic E-state index is 11.8. The van der Waals surface area contributed by atoms with Gasteiger partial charge in [0.1, 0.15) is 5.82 Å². The molecule has 1 saturated heterocycles. The van der Waals surface area contributed by atoms with E-state index in [-0.39, 0.29) is 36.8 Å². The van der Waals surface area contributed by atoms with Crippen LogP contribution in [-0.2, 0) is 4.79 Å². The number of halogens is 2. The van der Waals surface area contributed by atoms with Crippen molar-refractivity contribution in [3.8, 4) is 0 Å². The number of carbonyl (C=O) groups excluding carboxylic acids is 1. The Morgan fingerprint density at radius 3 is 2.78 bits per heavy atom. The minimum Gasteiger partial charge on any atom is -0.309 e. The van der Waals surface area contributed by atoms with Crippen molar-refractivity contribution >= 4 is 48.3 Å². The van der Waals surface area contributed by atoms with Crippen molar-refractivity contribution in [3.05, 3.63) is 18.3 Å². The highest BCUT2D eigenvalue weighted by atomic mass is 35.5. The van der Waals surface area contributed by atoms with Gasteiger partial charge in [-0.25, -0.2) is 4.98 Å². The van der Waals surface area contributed by atoms with Crippen molar-refractivity contribution in [2.75, 3.05) is 18.1 Å². The molecule has 0 aliphatic carbocycles. The highest BCUT2D eigenvalue weighted by molar-refractivity contribution is 7.98. The lowest BCUT2D eigenvalue weighted by Crippen LogP contribution is -2.35. The van der Waals surface area contributed by atoms with E-state index in [9.17, 15) is 4.79 Å². The van der Waals surface area contributed by atoms with Gasteiger partial charge in [0.25, 0.3) is 0 Å². The lowest BCUT2D eigenvalue weighted by molar-refractivity contribution is -0.117. The Kier molecular flexibility index (Phi) is 8.35. The second kappa shape index (κ2) is 8.58. The number of rotatable bonds is 3. The van der Waals surface area contributed by atoms with Gasteiger partial charge in [-0.1, -0.05) is 0 Å². The predicted molar refractivity (Wildman–Crippen MR) is 80.2 cm³/mol. The van der Waals surface area contributed by atoms with E-state index < -0.39 is 0 Å². The van der Waals surface area contributed by atoms with Crippen LogP contribution < -0.4 is 10.6 Å². The smallest absolute Gasteiger partial charge is 0.242 e. The largest absolute Gasteiger partial charge is 0.309 e. The maximum atomic E-state index is 11.8. The van der Waals surface area contributed by atoms with Crippen LogP contribution in [0.1, 0.15) is 12.8 Å². The summed E-state index contributed by atoms with van der Waals surface area (Å²) < 4.78 is 0. The van der Waals surface area contributed by atoms with Gasteiger partial charge in [0, 0.05) is 11.1 Å². The molecule has 102 valence electrons. The van der Waals surface area contributed by atoms with E-state index in [0.29, 0.717) is 5.82 Å². The van der Waals surface area contributed by atoms with Crippen molar-refractivity contribution in [3.63, 3.8) is 0 Å². The average Bonchev–Trinajstić information content (AvgIpc) is 2.83. The summed E-state index contributed by atoms with van der Waals surface area (Å²) in [6.45, 7) is 0.928. The predicted octanol–water partition coefficient (Wildman–Crippen LogP) is 2.34. The van der Waals surface area contributed by atoms with Gasteiger partial charge in [-0.05, 0) is 37.8 Å². The van der Waals surface area contributed by atoms with Crippen LogP contribution in [0, 0.1) is 0 Å². The van der Waals surface area contributed by atoms with Gasteiger partial charge in [0.15, 0.2) is 0 Å². The maximum Gasteiger partial charge on any atom is 0.242 e. The third-order valence-corrected chi connectivity index (χ3v) is 3.31. The normalized spacial score (nSPS) is 17.5. The van der Waals surface area contributed by atoms with Crippen LogP contribution in [0.4, 0.5) is 5.82 Å². The van der Waals surface area contributed by atoms with E-state index in [0.717, 1.165) is 24.3 Å². The molecule has 2 N–H and O–H groups in total. The molecule has 7 heteroatoms. The van der Waals surface area contributed by atoms with Gasteiger partial charge in [-0.2, -0.15) is 0 Å². The number of nitrogens with zero attached hydrogens (tertiary/aromatic N) is 1. The molecule has 0 aromatic carbocycles. The van der Waals surface area contributed by atoms with Crippen LogP contribution in [0.15, 0.2) is 23.2 Å². The molecule has 1 aliphatic heterocycles. The fourth-order valence-electron chi connectivity index (χ4n) is 1.70. The summed E-state index contributed by atoms with van der Waals surface area (Å²) in [5.74, 6) is 0.637. The first-order valence-electron chi connectivity index (χ1n) is 5.34. The Balaban J connectivity index is 0.00000144. The third kappa shape index (κ3) is 4.65. The van der Waals surface area contributed by atoms with Crippen LogP contribution in [0.5, 0.6) is 0 Å². The molecular weight excluding hydrogens is 293 g/mol. The van der Waals surface area contributed by atoms with Crippen LogP contribution in [0.3, 0.4) is 0 Å². The molecule has 1 aromatic rings. The zero-order chi connectivity index (χ0) is 11.4. The first-order valence-corrected chi connectivity index (χ1v) is 6.56. The van der Waals surface area contributed by atoms with Crippen LogP contribution >= 0.6 is 36.6 Å². The van der Waals surface area contributed by atoms with Gasteiger partial charge in [0.05, 0.1) is 6.04 Å². The van der Waals surface area contributed by atoms with E-state index in [1.165, 1.54) is 0 Å². The number of anilines is 1. The standard InChI is InChI=1S/C11H15N3OS.2ClH/c1-16-8-4-5-10(13-7-8)14-11(15)9-3-2-6-12-9;;/h4-5,7,9,12H,2-3,6H2,1H3,(H,13,14,15);2*1H. The van der Waals surface area contributed by atoms with Crippen molar-refractivity contribution in [1.82, 2.24) is 10.3 Å². The Morgan fingerprint density at radius 2 is 2.28 bits per heavy atom. The quantitative estimate of drug-likeness (QED) is 0.842. The summed E-state index contributed by atoms with van der Waals surface area (Å²) >= 11 is 1.63. The second-order valence-electron chi connectivity index (χ2n) is 3.72. The summed E-state index contributed by atoms with van der Waals surface area (Å²) in [4.78, 5) is 17.0. The van der Waals surface area contributed by atoms with Crippen molar-refractivity contribution in [1.29, 1.82) is 0 Å². The fourth-order valence-corrected chi connectivity index (χ4v) is 2.06. The van der Waals surface area contributed by atoms with Crippen molar-refractivity contribution < 1.29 is 4.79 Å². The summed E-state index contributed by atoms with van der Waals surface area (Å²) in [5.41, 5.74) is 0. The average molecular weight is 310 g/mol. The number of amides is 1. The van der Waals surface area contributed by atoms with Gasteiger partial charge in [-0.3, -0.25) is 4.79 Å². The first-order chi connectivity index (χ1) is 7.79. The minimum atomic E-state index is -0.0537. The molecule has 1 aromatic heterocycles. The topological polar surface area (TPSA) is 54.0 Å². The molecule has 0 saturated carbocycles. The lowest BCUT2D eigenvalue weighted by atomic mass is 10.2. The molecule has 1 atom stereocenters. The molecule has 1 amide bonds. The van der Waals surface area contributed by atoms with E-state index >= 15 is 0 Å². The van der Waals surface area contributed by atoms with E-state index in [4.69, 9.17) is 0 Å². The number of thioether (sulfide) groups is 1. The van der Waals surface area contributed by atoms with Gasteiger partial charge >= 0.3 is 0 Å². The van der Waals surface area contributed by atoms with E-state index in [1.54, 1.807) is 18.0 Å². The fraction of sp³-hybridized carbons (Fsp3) is 0.455. The number of hydrogen-bond acceptors (Lipinski definition) is 4. The monoisotopic (exact) mass is 309 g/mol. The molecule has 2 heterocycles. The molecule has 0 bridgehead atoms. The molecular formula is C11H17Cl2N3OS. The Hall–Kier alpha value is -0.490. The van der Waals surface area contributed by atoms with E-state index in [2.05, 4.69) is 15.6 Å². The number of aromatic nitrogens is 1. The number of hydrogen-bond donors (Lipinski definition) is 2. The highest BCUT2D eigenvalue weighted by Gasteiger charge is 2.21. The van der Waals surface area contributed by atoms with Crippen LogP contribution in [-0.4, -0.2) is 29.7 Å². The molecule has 0 radical (unpaired) electrons. The number of pyridine rings is 1. The van der Waals surface area contributed by atoms with Gasteiger partial charge in [-0.15, -0.1) is 36.6 Å². The molecule has 18 heavy (non-hydrogen) atoms. The first kappa shape index (κ1) is 17.5. The number of carbonyl (C=O) groups is 1. The van der Waals surface area contributed by atoms with E-state index in [1.807, 2.05) is 18.4 Å². The Bertz CT molecular complexity index is 369. The van der Waals surface area contributed by atoms with Crippen molar-refractivity contribution in [2.45, 2.75) is 23.8 Å². The molecule has 1 aliphatic rings. The SMILES string of the molecule is CSc1ccc(NC(=O)C2CCCN2)nc1.Cl.Cl. The molecule has 2 rings (SSSR count). The molecule has 4 nitrogen and oxygen atoms in total. The van der Waals surface area contributed by atoms with Crippen LogP contribution in [0.2, 0.25) is 0 Å². The second-order valence-corrected chi connectivity index (χ2v) is 4.60. The Labute approximate surface area is 124 Å². The zero-order valence-corrected chi connectivity index (χ0v) is 12.5.